The molecule has 3 rings (SSSR count). The van der Waals surface area contributed by atoms with E-state index < -0.39 is 6.10 Å². The van der Waals surface area contributed by atoms with Gasteiger partial charge in [0.15, 0.2) is 0 Å². The maximum absolute atomic E-state index is 13.5. The fourth-order valence-corrected chi connectivity index (χ4v) is 3.12. The minimum atomic E-state index is -0.578. The van der Waals surface area contributed by atoms with Crippen LogP contribution in [0.2, 0.25) is 0 Å². The van der Waals surface area contributed by atoms with E-state index in [-0.39, 0.29) is 25.1 Å². The van der Waals surface area contributed by atoms with Gasteiger partial charge in [-0.25, -0.2) is 4.39 Å². The van der Waals surface area contributed by atoms with Crippen LogP contribution in [0.1, 0.15) is 24.2 Å². The highest BCUT2D eigenvalue weighted by atomic mass is 19.1. The van der Waals surface area contributed by atoms with Gasteiger partial charge in [0.05, 0.1) is 19.3 Å². The second-order valence-electron chi connectivity index (χ2n) is 6.06. The van der Waals surface area contributed by atoms with Crippen molar-refractivity contribution < 1.29 is 14.2 Å². The smallest absolute Gasteiger partial charge is 0.128 e. The predicted octanol–water partition coefficient (Wildman–Crippen LogP) is 2.58. The number of ether oxygens (including phenoxy) is 1. The predicted molar refractivity (Wildman–Crippen MR) is 86.5 cm³/mol. The van der Waals surface area contributed by atoms with E-state index in [0.29, 0.717) is 12.1 Å². The average Bonchev–Trinajstić information content (AvgIpc) is 3.01. The van der Waals surface area contributed by atoms with E-state index in [4.69, 9.17) is 4.74 Å². The lowest BCUT2D eigenvalue weighted by atomic mass is 10.1. The molecule has 0 saturated carbocycles. The molecule has 5 heteroatoms. The Labute approximate surface area is 136 Å². The van der Waals surface area contributed by atoms with Crippen molar-refractivity contribution in [1.29, 1.82) is 0 Å². The fourth-order valence-electron chi connectivity index (χ4n) is 3.12. The molecule has 1 aromatic heterocycles. The molecule has 0 spiro atoms. The highest BCUT2D eigenvalue weighted by Crippen LogP contribution is 2.25. The van der Waals surface area contributed by atoms with Crippen molar-refractivity contribution >= 4 is 0 Å². The maximum atomic E-state index is 13.5. The number of hydrogen-bond acceptors (Lipinski definition) is 3. The van der Waals surface area contributed by atoms with Gasteiger partial charge in [0.1, 0.15) is 5.82 Å². The summed E-state index contributed by atoms with van der Waals surface area (Å²) in [6.45, 7) is 4.95. The quantitative estimate of drug-likeness (QED) is 0.889. The number of aromatic nitrogens is 1. The topological polar surface area (TPSA) is 37.6 Å². The Morgan fingerprint density at radius 2 is 2.09 bits per heavy atom. The van der Waals surface area contributed by atoms with Gasteiger partial charge in [-0.05, 0) is 25.1 Å². The van der Waals surface area contributed by atoms with E-state index in [1.54, 1.807) is 18.2 Å². The molecule has 0 aliphatic carbocycles. The molecule has 2 heterocycles. The number of rotatable bonds is 6. The zero-order chi connectivity index (χ0) is 16.2. The van der Waals surface area contributed by atoms with Gasteiger partial charge in [0.25, 0.3) is 0 Å². The molecule has 0 radical (unpaired) electrons. The number of aliphatic hydroxyl groups excluding tert-OH is 1. The van der Waals surface area contributed by atoms with E-state index in [1.807, 2.05) is 0 Å². The normalized spacial score (nSPS) is 19.5. The van der Waals surface area contributed by atoms with Gasteiger partial charge in [-0.3, -0.25) is 4.90 Å². The first-order valence-corrected chi connectivity index (χ1v) is 8.03. The molecule has 124 valence electrons. The second-order valence-corrected chi connectivity index (χ2v) is 6.06. The summed E-state index contributed by atoms with van der Waals surface area (Å²) in [5.74, 6) is -0.271. The molecule has 0 saturated heterocycles. The van der Waals surface area contributed by atoms with Crippen LogP contribution >= 0.6 is 0 Å². The molecule has 4 nitrogen and oxygen atoms in total. The van der Waals surface area contributed by atoms with E-state index in [9.17, 15) is 9.50 Å². The van der Waals surface area contributed by atoms with Crippen LogP contribution in [0.25, 0.3) is 0 Å². The molecule has 0 fully saturated rings. The van der Waals surface area contributed by atoms with Gasteiger partial charge >= 0.3 is 0 Å². The van der Waals surface area contributed by atoms with Crippen molar-refractivity contribution in [2.75, 3.05) is 19.7 Å². The summed E-state index contributed by atoms with van der Waals surface area (Å²) >= 11 is 0. The Bertz CT molecular complexity index is 643. The first-order valence-electron chi connectivity index (χ1n) is 8.03. The number of hydrogen-bond donors (Lipinski definition) is 1. The number of halogens is 1. The summed E-state index contributed by atoms with van der Waals surface area (Å²) in [5.41, 5.74) is 1.79. The van der Waals surface area contributed by atoms with Gasteiger partial charge < -0.3 is 14.4 Å². The van der Waals surface area contributed by atoms with Crippen LogP contribution in [0.4, 0.5) is 4.39 Å². The van der Waals surface area contributed by atoms with E-state index in [0.717, 1.165) is 13.1 Å². The Morgan fingerprint density at radius 1 is 1.26 bits per heavy atom. The van der Waals surface area contributed by atoms with Crippen molar-refractivity contribution in [1.82, 2.24) is 9.47 Å². The number of β-amino-alcohol motifs (C(OH)–C–C–N with tert-alkyl or cyclic N) is 1. The van der Waals surface area contributed by atoms with Crippen LogP contribution in [0.15, 0.2) is 42.6 Å². The molecule has 2 atom stereocenters. The summed E-state index contributed by atoms with van der Waals surface area (Å²) in [4.78, 5) is 2.26. The van der Waals surface area contributed by atoms with Crippen molar-refractivity contribution in [2.24, 2.45) is 0 Å². The Kier molecular flexibility index (Phi) is 5.10. The summed E-state index contributed by atoms with van der Waals surface area (Å²) in [7, 11) is 0. The van der Waals surface area contributed by atoms with Crippen LogP contribution in [0, 0.1) is 5.82 Å². The SMILES string of the molecule is CC1c2cccn2CCN1CC(O)COCc1ccccc1F. The lowest BCUT2D eigenvalue weighted by Gasteiger charge is -2.36. The molecule has 1 aromatic carbocycles. The van der Waals surface area contributed by atoms with Crippen LogP contribution in [0.3, 0.4) is 0 Å². The van der Waals surface area contributed by atoms with Crippen LogP contribution in [-0.2, 0) is 17.9 Å². The van der Waals surface area contributed by atoms with Gasteiger partial charge in [-0.2, -0.15) is 0 Å². The van der Waals surface area contributed by atoms with Gasteiger partial charge in [-0.15, -0.1) is 0 Å². The molecular formula is C18H23FN2O2. The zero-order valence-electron chi connectivity index (χ0n) is 13.4. The van der Waals surface area contributed by atoms with Crippen LogP contribution < -0.4 is 0 Å². The molecule has 2 unspecified atom stereocenters. The van der Waals surface area contributed by atoms with Crippen molar-refractivity contribution in [3.63, 3.8) is 0 Å². The van der Waals surface area contributed by atoms with Gasteiger partial charge in [0, 0.05) is 43.1 Å². The second kappa shape index (κ2) is 7.25. The Hall–Kier alpha value is -1.69. The van der Waals surface area contributed by atoms with Crippen LogP contribution in [0.5, 0.6) is 0 Å². The first kappa shape index (κ1) is 16.2. The molecule has 0 bridgehead atoms. The number of aliphatic hydroxyl groups is 1. The standard InChI is InChI=1S/C18H23FN2O2/c1-14-18-7-4-8-20(18)9-10-21(14)11-16(22)13-23-12-15-5-2-3-6-17(15)19/h2-8,14,16,22H,9-13H2,1H3. The number of nitrogens with zero attached hydrogens (tertiary/aromatic N) is 2. The Balaban J connectivity index is 1.47. The lowest BCUT2D eigenvalue weighted by Crippen LogP contribution is -2.42. The van der Waals surface area contributed by atoms with Crippen LogP contribution in [-0.4, -0.2) is 40.4 Å². The number of benzene rings is 1. The fraction of sp³-hybridized carbons (Fsp3) is 0.444. The monoisotopic (exact) mass is 318 g/mol. The lowest BCUT2D eigenvalue weighted by molar-refractivity contribution is -0.00145. The Morgan fingerprint density at radius 3 is 2.91 bits per heavy atom. The minimum absolute atomic E-state index is 0.183. The third kappa shape index (κ3) is 3.80. The molecule has 23 heavy (non-hydrogen) atoms. The largest absolute Gasteiger partial charge is 0.389 e. The van der Waals surface area contributed by atoms with Gasteiger partial charge in [0.2, 0.25) is 0 Å². The summed E-state index contributed by atoms with van der Waals surface area (Å²) < 4.78 is 21.2. The number of fused-ring (bicyclic) bond motifs is 1. The van der Waals surface area contributed by atoms with Crippen molar-refractivity contribution in [3.05, 3.63) is 59.7 Å². The molecule has 2 aromatic rings. The molecular weight excluding hydrogens is 295 g/mol. The highest BCUT2D eigenvalue weighted by molar-refractivity contribution is 5.16. The highest BCUT2D eigenvalue weighted by Gasteiger charge is 2.25. The van der Waals surface area contributed by atoms with E-state index in [1.165, 1.54) is 11.8 Å². The molecule has 1 aliphatic rings. The minimum Gasteiger partial charge on any atom is -0.389 e. The molecule has 0 amide bonds. The van der Waals surface area contributed by atoms with E-state index in [2.05, 4.69) is 34.7 Å². The molecule has 1 N–H and O–H groups in total. The van der Waals surface area contributed by atoms with Crippen molar-refractivity contribution in [3.8, 4) is 0 Å². The first-order chi connectivity index (χ1) is 11.1. The zero-order valence-corrected chi connectivity index (χ0v) is 13.4. The van der Waals surface area contributed by atoms with Crippen molar-refractivity contribution in [2.45, 2.75) is 32.2 Å². The van der Waals surface area contributed by atoms with E-state index >= 15 is 0 Å². The molecule has 1 aliphatic heterocycles. The average molecular weight is 318 g/mol. The van der Waals surface area contributed by atoms with Gasteiger partial charge in [-0.1, -0.05) is 18.2 Å². The summed E-state index contributed by atoms with van der Waals surface area (Å²) in [6.07, 6.45) is 1.52. The maximum Gasteiger partial charge on any atom is 0.128 e. The summed E-state index contributed by atoms with van der Waals surface area (Å²) in [6, 6.07) is 11.0. The summed E-state index contributed by atoms with van der Waals surface area (Å²) in [5, 5.41) is 10.2. The third-order valence-electron chi connectivity index (χ3n) is 4.44. The third-order valence-corrected chi connectivity index (χ3v) is 4.44.